The van der Waals surface area contributed by atoms with Crippen molar-refractivity contribution in [2.45, 2.75) is 13.1 Å². The summed E-state index contributed by atoms with van der Waals surface area (Å²) in [4.78, 5) is 12.4. The van der Waals surface area contributed by atoms with Crippen LogP contribution in [0.2, 0.25) is 5.02 Å². The van der Waals surface area contributed by atoms with E-state index in [4.69, 9.17) is 22.1 Å². The molecule has 9 heteroatoms. The largest absolute Gasteiger partial charge is 0.476 e. The molecule has 0 aliphatic heterocycles. The van der Waals surface area contributed by atoms with Crippen LogP contribution in [0.1, 0.15) is 12.5 Å². The fourth-order valence-electron chi connectivity index (χ4n) is 2.30. The molecule has 0 aliphatic rings. The van der Waals surface area contributed by atoms with Gasteiger partial charge < -0.3 is 10.5 Å². The summed E-state index contributed by atoms with van der Waals surface area (Å²) in [6.45, 7) is 2.10. The zero-order chi connectivity index (χ0) is 18.2. The number of pyridine rings is 1. The van der Waals surface area contributed by atoms with E-state index in [1.165, 1.54) is 12.1 Å². The lowest BCUT2D eigenvalue weighted by atomic mass is 10.1. The number of nitrogens with zero attached hydrogens (tertiary/aromatic N) is 3. The number of ether oxygens (including phenoxy) is 1. The predicted octanol–water partition coefficient (Wildman–Crippen LogP) is 4.34. The summed E-state index contributed by atoms with van der Waals surface area (Å²) in [5.74, 6) is 0.202. The molecule has 2 heterocycles. The lowest BCUT2D eigenvalue weighted by molar-refractivity contribution is -0.137. The van der Waals surface area contributed by atoms with Gasteiger partial charge in [0, 0.05) is 5.56 Å². The summed E-state index contributed by atoms with van der Waals surface area (Å²) < 4.78 is 44.5. The minimum Gasteiger partial charge on any atom is -0.476 e. The van der Waals surface area contributed by atoms with E-state index in [9.17, 15) is 13.2 Å². The number of anilines is 1. The fourth-order valence-corrected chi connectivity index (χ4v) is 2.53. The molecule has 1 aromatic carbocycles. The van der Waals surface area contributed by atoms with E-state index in [0.29, 0.717) is 23.3 Å². The second kappa shape index (κ2) is 6.36. The Morgan fingerprint density at radius 2 is 1.88 bits per heavy atom. The first-order valence-corrected chi connectivity index (χ1v) is 7.61. The molecule has 0 amide bonds. The third-order valence-corrected chi connectivity index (χ3v) is 3.71. The van der Waals surface area contributed by atoms with Crippen LogP contribution in [-0.4, -0.2) is 21.6 Å². The maximum atomic E-state index is 13.0. The van der Waals surface area contributed by atoms with Crippen molar-refractivity contribution in [1.29, 1.82) is 0 Å². The van der Waals surface area contributed by atoms with Crippen LogP contribution in [0.15, 0.2) is 30.3 Å². The standard InChI is InChI=1S/C16H12ClF3N4O/c1-2-25-14-13-12(23-15(21)24-14)6-5-11(22-13)8-3-4-10(17)9(7-8)16(18,19)20/h3-7H,2H2,1H3,(H2,21,23,24). The summed E-state index contributed by atoms with van der Waals surface area (Å²) in [6, 6.07) is 6.75. The first-order chi connectivity index (χ1) is 11.8. The van der Waals surface area contributed by atoms with Crippen molar-refractivity contribution < 1.29 is 17.9 Å². The van der Waals surface area contributed by atoms with Crippen LogP contribution < -0.4 is 10.5 Å². The SMILES string of the molecule is CCOc1nc(N)nc2ccc(-c3ccc(Cl)c(C(F)(F)F)c3)nc12. The number of rotatable bonds is 3. The highest BCUT2D eigenvalue weighted by molar-refractivity contribution is 6.31. The monoisotopic (exact) mass is 368 g/mol. The number of nitrogen functional groups attached to an aromatic ring is 1. The fraction of sp³-hybridized carbons (Fsp3) is 0.188. The number of aromatic nitrogens is 3. The number of halogens is 4. The number of alkyl halides is 3. The molecule has 5 nitrogen and oxygen atoms in total. The van der Waals surface area contributed by atoms with Gasteiger partial charge in [0.05, 0.1) is 28.4 Å². The molecule has 0 saturated heterocycles. The Labute approximate surface area is 145 Å². The van der Waals surface area contributed by atoms with Gasteiger partial charge in [0.15, 0.2) is 5.52 Å². The van der Waals surface area contributed by atoms with Gasteiger partial charge in [-0.2, -0.15) is 18.2 Å². The average molecular weight is 369 g/mol. The second-order valence-electron chi connectivity index (χ2n) is 5.08. The van der Waals surface area contributed by atoms with Gasteiger partial charge in [0.2, 0.25) is 11.8 Å². The Bertz CT molecular complexity index is 947. The molecular formula is C16H12ClF3N4O. The number of fused-ring (bicyclic) bond motifs is 1. The summed E-state index contributed by atoms with van der Waals surface area (Å²) >= 11 is 5.65. The van der Waals surface area contributed by atoms with Crippen molar-refractivity contribution in [3.8, 4) is 17.1 Å². The van der Waals surface area contributed by atoms with Crippen molar-refractivity contribution in [3.05, 3.63) is 40.9 Å². The molecule has 0 aliphatic carbocycles. The quantitative estimate of drug-likeness (QED) is 0.744. The molecule has 2 aromatic heterocycles. The molecule has 130 valence electrons. The van der Waals surface area contributed by atoms with Gasteiger partial charge in [-0.05, 0) is 31.2 Å². The molecule has 0 saturated carbocycles. The molecule has 0 bridgehead atoms. The maximum Gasteiger partial charge on any atom is 0.417 e. The van der Waals surface area contributed by atoms with Crippen LogP contribution in [0.4, 0.5) is 19.1 Å². The Hall–Kier alpha value is -2.61. The van der Waals surface area contributed by atoms with E-state index < -0.39 is 11.7 Å². The minimum absolute atomic E-state index is 0.0244. The van der Waals surface area contributed by atoms with Gasteiger partial charge in [-0.25, -0.2) is 9.97 Å². The number of benzene rings is 1. The molecule has 0 atom stereocenters. The van der Waals surface area contributed by atoms with Gasteiger partial charge >= 0.3 is 6.18 Å². The maximum absolute atomic E-state index is 13.0. The Balaban J connectivity index is 2.17. The minimum atomic E-state index is -4.56. The number of hydrogen-bond acceptors (Lipinski definition) is 5. The van der Waals surface area contributed by atoms with Crippen LogP contribution in [0, 0.1) is 0 Å². The molecule has 0 fully saturated rings. The number of hydrogen-bond donors (Lipinski definition) is 1. The average Bonchev–Trinajstić information content (AvgIpc) is 2.54. The molecular weight excluding hydrogens is 357 g/mol. The Morgan fingerprint density at radius 1 is 1.12 bits per heavy atom. The van der Waals surface area contributed by atoms with Crippen molar-refractivity contribution in [3.63, 3.8) is 0 Å². The molecule has 0 spiro atoms. The Kier molecular flexibility index (Phi) is 4.38. The van der Waals surface area contributed by atoms with E-state index >= 15 is 0 Å². The van der Waals surface area contributed by atoms with E-state index in [1.54, 1.807) is 19.1 Å². The highest BCUT2D eigenvalue weighted by atomic mass is 35.5. The van der Waals surface area contributed by atoms with Crippen LogP contribution in [0.3, 0.4) is 0 Å². The van der Waals surface area contributed by atoms with E-state index in [-0.39, 0.29) is 22.4 Å². The van der Waals surface area contributed by atoms with Gasteiger partial charge in [-0.3, -0.25) is 0 Å². The molecule has 2 N–H and O–H groups in total. The summed E-state index contributed by atoms with van der Waals surface area (Å²) in [5, 5.41) is -0.372. The van der Waals surface area contributed by atoms with E-state index in [0.717, 1.165) is 6.07 Å². The molecule has 0 radical (unpaired) electrons. The van der Waals surface area contributed by atoms with Crippen LogP contribution in [-0.2, 0) is 6.18 Å². The van der Waals surface area contributed by atoms with Crippen molar-refractivity contribution in [2.24, 2.45) is 0 Å². The normalized spacial score (nSPS) is 11.7. The van der Waals surface area contributed by atoms with Crippen molar-refractivity contribution >= 4 is 28.6 Å². The first kappa shape index (κ1) is 17.2. The highest BCUT2D eigenvalue weighted by Gasteiger charge is 2.33. The van der Waals surface area contributed by atoms with E-state index in [2.05, 4.69) is 15.0 Å². The number of nitrogens with two attached hydrogens (primary N) is 1. The van der Waals surface area contributed by atoms with Gasteiger partial charge in [0.1, 0.15) is 0 Å². The second-order valence-corrected chi connectivity index (χ2v) is 5.48. The van der Waals surface area contributed by atoms with Crippen LogP contribution in [0.25, 0.3) is 22.3 Å². The van der Waals surface area contributed by atoms with Crippen LogP contribution >= 0.6 is 11.6 Å². The lowest BCUT2D eigenvalue weighted by Crippen LogP contribution is -2.06. The topological polar surface area (TPSA) is 73.9 Å². The molecule has 0 unspecified atom stereocenters. The van der Waals surface area contributed by atoms with Gasteiger partial charge in [-0.15, -0.1) is 0 Å². The van der Waals surface area contributed by atoms with Crippen LogP contribution in [0.5, 0.6) is 5.88 Å². The van der Waals surface area contributed by atoms with Gasteiger partial charge in [0.25, 0.3) is 0 Å². The van der Waals surface area contributed by atoms with Crippen molar-refractivity contribution in [1.82, 2.24) is 15.0 Å². The first-order valence-electron chi connectivity index (χ1n) is 7.23. The highest BCUT2D eigenvalue weighted by Crippen LogP contribution is 2.37. The molecule has 25 heavy (non-hydrogen) atoms. The summed E-state index contributed by atoms with van der Waals surface area (Å²) in [5.41, 5.74) is 6.02. The lowest BCUT2D eigenvalue weighted by Gasteiger charge is -2.12. The Morgan fingerprint density at radius 3 is 2.56 bits per heavy atom. The summed E-state index contributed by atoms with van der Waals surface area (Å²) in [6.07, 6.45) is -4.56. The predicted molar refractivity (Wildman–Crippen MR) is 88.4 cm³/mol. The molecule has 3 rings (SSSR count). The third-order valence-electron chi connectivity index (χ3n) is 3.38. The zero-order valence-corrected chi connectivity index (χ0v) is 13.7. The van der Waals surface area contributed by atoms with E-state index in [1.807, 2.05) is 0 Å². The molecule has 3 aromatic rings. The summed E-state index contributed by atoms with van der Waals surface area (Å²) in [7, 11) is 0. The van der Waals surface area contributed by atoms with Gasteiger partial charge in [-0.1, -0.05) is 17.7 Å². The third kappa shape index (κ3) is 3.43. The van der Waals surface area contributed by atoms with Crippen molar-refractivity contribution in [2.75, 3.05) is 12.3 Å². The smallest absolute Gasteiger partial charge is 0.417 e. The zero-order valence-electron chi connectivity index (χ0n) is 12.9.